The second-order valence-corrected chi connectivity index (χ2v) is 5.37. The zero-order valence-electron chi connectivity index (χ0n) is 13.1. The topological polar surface area (TPSA) is 84.9 Å². The largest absolute Gasteiger partial charge is 0.459 e. The van der Waals surface area contributed by atoms with Crippen molar-refractivity contribution in [3.8, 4) is 0 Å². The maximum Gasteiger partial charge on any atom is 0.306 e. The molecular formula is C18H17N3O3. The van der Waals surface area contributed by atoms with Crippen molar-refractivity contribution in [1.29, 1.82) is 0 Å². The van der Waals surface area contributed by atoms with Crippen LogP contribution in [0.3, 0.4) is 0 Å². The third-order valence-corrected chi connectivity index (χ3v) is 3.56. The highest BCUT2D eigenvalue weighted by Crippen LogP contribution is 2.08. The number of rotatable bonds is 6. The van der Waals surface area contributed by atoms with Crippen LogP contribution in [0.25, 0.3) is 10.9 Å². The molecule has 0 aliphatic heterocycles. The number of benzene rings is 1. The lowest BCUT2D eigenvalue weighted by Gasteiger charge is -2.05. The Morgan fingerprint density at radius 1 is 1.12 bits per heavy atom. The molecule has 0 fully saturated rings. The predicted molar refractivity (Wildman–Crippen MR) is 89.3 cm³/mol. The fraction of sp³-hybridized carbons (Fsp3) is 0.222. The third-order valence-electron chi connectivity index (χ3n) is 3.56. The van der Waals surface area contributed by atoms with E-state index >= 15 is 0 Å². The van der Waals surface area contributed by atoms with Crippen LogP contribution in [0, 0.1) is 0 Å². The number of carbonyl (C=O) groups excluding carboxylic acids is 1. The number of nitrogens with one attached hydrogen (secondary N) is 1. The molecule has 0 bridgehead atoms. The van der Waals surface area contributed by atoms with E-state index < -0.39 is 0 Å². The second-order valence-electron chi connectivity index (χ2n) is 5.37. The fourth-order valence-electron chi connectivity index (χ4n) is 2.36. The number of para-hydroxylation sites is 1. The summed E-state index contributed by atoms with van der Waals surface area (Å²) in [6.45, 7) is 0.171. The van der Waals surface area contributed by atoms with E-state index in [0.29, 0.717) is 35.3 Å². The molecule has 0 atom stereocenters. The van der Waals surface area contributed by atoms with E-state index in [1.54, 1.807) is 30.5 Å². The maximum absolute atomic E-state index is 12.0. The molecule has 0 aliphatic rings. The van der Waals surface area contributed by atoms with E-state index in [1.807, 2.05) is 18.2 Å². The Balaban J connectivity index is 1.51. The molecule has 0 radical (unpaired) electrons. The van der Waals surface area contributed by atoms with Crippen LogP contribution in [0.1, 0.15) is 24.4 Å². The van der Waals surface area contributed by atoms with Gasteiger partial charge in [-0.05, 0) is 30.7 Å². The molecule has 6 nitrogen and oxygen atoms in total. The number of esters is 1. The fourth-order valence-corrected chi connectivity index (χ4v) is 2.36. The van der Waals surface area contributed by atoms with E-state index in [9.17, 15) is 9.59 Å². The summed E-state index contributed by atoms with van der Waals surface area (Å²) in [6.07, 6.45) is 3.00. The first-order valence-electron chi connectivity index (χ1n) is 7.76. The molecule has 2 aromatic heterocycles. The van der Waals surface area contributed by atoms with Crippen molar-refractivity contribution in [3.05, 3.63) is 70.5 Å². The summed E-state index contributed by atoms with van der Waals surface area (Å²) in [5, 5.41) is 0.566. The minimum absolute atomic E-state index is 0.159. The summed E-state index contributed by atoms with van der Waals surface area (Å²) < 4.78 is 5.17. The van der Waals surface area contributed by atoms with Crippen LogP contribution in [-0.4, -0.2) is 20.9 Å². The van der Waals surface area contributed by atoms with Gasteiger partial charge >= 0.3 is 5.97 Å². The Kier molecular flexibility index (Phi) is 4.96. The van der Waals surface area contributed by atoms with Crippen LogP contribution >= 0.6 is 0 Å². The quantitative estimate of drug-likeness (QED) is 0.704. The van der Waals surface area contributed by atoms with Crippen molar-refractivity contribution >= 4 is 16.9 Å². The number of aromatic amines is 1. The molecule has 122 valence electrons. The number of aromatic nitrogens is 3. The monoisotopic (exact) mass is 323 g/mol. The summed E-state index contributed by atoms with van der Waals surface area (Å²) in [7, 11) is 0. The van der Waals surface area contributed by atoms with Gasteiger partial charge in [0.15, 0.2) is 0 Å². The SMILES string of the molecule is O=C(CCCc1nc2ccccc2c(=O)[nH]1)OCc1ccccn1. The number of H-pyrrole nitrogens is 1. The minimum atomic E-state index is -0.288. The lowest BCUT2D eigenvalue weighted by atomic mass is 10.2. The van der Waals surface area contributed by atoms with E-state index in [-0.39, 0.29) is 24.6 Å². The third kappa shape index (κ3) is 4.04. The van der Waals surface area contributed by atoms with Crippen molar-refractivity contribution in [2.24, 2.45) is 0 Å². The van der Waals surface area contributed by atoms with Crippen LogP contribution in [0.4, 0.5) is 0 Å². The van der Waals surface area contributed by atoms with Crippen LogP contribution in [0.2, 0.25) is 0 Å². The van der Waals surface area contributed by atoms with Crippen molar-refractivity contribution in [2.45, 2.75) is 25.9 Å². The van der Waals surface area contributed by atoms with Gasteiger partial charge in [-0.15, -0.1) is 0 Å². The van der Waals surface area contributed by atoms with E-state index in [1.165, 1.54) is 0 Å². The smallest absolute Gasteiger partial charge is 0.306 e. The minimum Gasteiger partial charge on any atom is -0.459 e. The first kappa shape index (κ1) is 15.9. The number of hydrogen-bond donors (Lipinski definition) is 1. The summed E-state index contributed by atoms with van der Waals surface area (Å²) in [5.74, 6) is 0.292. The van der Waals surface area contributed by atoms with E-state index in [4.69, 9.17) is 4.74 Å². The Bertz CT molecular complexity index is 891. The highest BCUT2D eigenvalue weighted by atomic mass is 16.5. The zero-order chi connectivity index (χ0) is 16.8. The first-order chi connectivity index (χ1) is 11.7. The van der Waals surface area contributed by atoms with Gasteiger partial charge in [0.25, 0.3) is 5.56 Å². The average Bonchev–Trinajstić information content (AvgIpc) is 2.61. The van der Waals surface area contributed by atoms with Crippen molar-refractivity contribution in [1.82, 2.24) is 15.0 Å². The lowest BCUT2D eigenvalue weighted by molar-refractivity contribution is -0.145. The summed E-state index contributed by atoms with van der Waals surface area (Å²) in [4.78, 5) is 35.0. The van der Waals surface area contributed by atoms with Gasteiger partial charge in [-0.3, -0.25) is 14.6 Å². The number of ether oxygens (including phenoxy) is 1. The van der Waals surface area contributed by atoms with Crippen molar-refractivity contribution < 1.29 is 9.53 Å². The molecule has 0 aliphatic carbocycles. The molecular weight excluding hydrogens is 306 g/mol. The Hall–Kier alpha value is -3.02. The molecule has 3 rings (SSSR count). The number of nitrogens with zero attached hydrogens (tertiary/aromatic N) is 2. The Morgan fingerprint density at radius 2 is 1.96 bits per heavy atom. The van der Waals surface area contributed by atoms with Gasteiger partial charge in [-0.2, -0.15) is 0 Å². The molecule has 0 spiro atoms. The standard InChI is InChI=1S/C18H17N3O3/c22-17(24-12-13-6-3-4-11-19-13)10-5-9-16-20-15-8-2-1-7-14(15)18(23)21-16/h1-4,6-8,11H,5,9-10,12H2,(H,20,21,23). The zero-order valence-corrected chi connectivity index (χ0v) is 13.1. The number of carbonyl (C=O) groups is 1. The van der Waals surface area contributed by atoms with E-state index in [0.717, 1.165) is 0 Å². The summed E-state index contributed by atoms with van der Waals surface area (Å²) in [5.41, 5.74) is 1.22. The van der Waals surface area contributed by atoms with Gasteiger partial charge in [0.1, 0.15) is 12.4 Å². The van der Waals surface area contributed by atoms with Gasteiger partial charge in [-0.1, -0.05) is 18.2 Å². The molecule has 24 heavy (non-hydrogen) atoms. The predicted octanol–water partition coefficient (Wildman–Crippen LogP) is 2.38. The first-order valence-corrected chi connectivity index (χ1v) is 7.76. The van der Waals surface area contributed by atoms with Crippen LogP contribution in [-0.2, 0) is 22.6 Å². The molecule has 1 aromatic carbocycles. The van der Waals surface area contributed by atoms with Gasteiger partial charge in [0.2, 0.25) is 0 Å². The van der Waals surface area contributed by atoms with Crippen LogP contribution < -0.4 is 5.56 Å². The molecule has 0 saturated heterocycles. The van der Waals surface area contributed by atoms with Gasteiger partial charge < -0.3 is 9.72 Å². The molecule has 0 unspecified atom stereocenters. The number of hydrogen-bond acceptors (Lipinski definition) is 5. The molecule has 2 heterocycles. The summed E-state index contributed by atoms with van der Waals surface area (Å²) >= 11 is 0. The lowest BCUT2D eigenvalue weighted by Crippen LogP contribution is -2.12. The molecule has 1 N–H and O–H groups in total. The molecule has 3 aromatic rings. The summed E-state index contributed by atoms with van der Waals surface area (Å²) in [6, 6.07) is 12.6. The van der Waals surface area contributed by atoms with Crippen molar-refractivity contribution in [3.63, 3.8) is 0 Å². The molecule has 0 saturated carbocycles. The highest BCUT2D eigenvalue weighted by molar-refractivity contribution is 5.77. The Morgan fingerprint density at radius 3 is 2.79 bits per heavy atom. The highest BCUT2D eigenvalue weighted by Gasteiger charge is 2.07. The Labute approximate surface area is 138 Å². The van der Waals surface area contributed by atoms with E-state index in [2.05, 4.69) is 15.0 Å². The van der Waals surface area contributed by atoms with Gasteiger partial charge in [0, 0.05) is 19.0 Å². The number of pyridine rings is 1. The number of aryl methyl sites for hydroxylation is 1. The maximum atomic E-state index is 12.0. The number of fused-ring (bicyclic) bond motifs is 1. The molecule has 6 heteroatoms. The van der Waals surface area contributed by atoms with Gasteiger partial charge in [0.05, 0.1) is 16.6 Å². The van der Waals surface area contributed by atoms with Crippen molar-refractivity contribution in [2.75, 3.05) is 0 Å². The average molecular weight is 323 g/mol. The second kappa shape index (κ2) is 7.50. The van der Waals surface area contributed by atoms with Gasteiger partial charge in [-0.25, -0.2) is 4.98 Å². The normalized spacial score (nSPS) is 10.7. The van der Waals surface area contributed by atoms with Crippen LogP contribution in [0.5, 0.6) is 0 Å². The molecule has 0 amide bonds. The van der Waals surface area contributed by atoms with Crippen LogP contribution in [0.15, 0.2) is 53.5 Å².